The monoisotopic (exact) mass is 317 g/mol. The Bertz CT molecular complexity index is 761. The number of carbonyl (C=O) groups excluding carboxylic acids is 1. The van der Waals surface area contributed by atoms with Crippen molar-refractivity contribution in [2.75, 3.05) is 5.32 Å². The number of halogens is 3. The van der Waals surface area contributed by atoms with Gasteiger partial charge in [-0.15, -0.1) is 0 Å². The molecule has 23 heavy (non-hydrogen) atoms. The number of hydrogen-bond acceptors (Lipinski definition) is 2. The smallest absolute Gasteiger partial charge is 0.359 e. The molecule has 5 heteroatoms. The summed E-state index contributed by atoms with van der Waals surface area (Å²) >= 11 is 0. The van der Waals surface area contributed by atoms with Gasteiger partial charge in [-0.2, -0.15) is 13.2 Å². The molecule has 118 valence electrons. The number of anilines is 1. The SMILES string of the molecule is O=C(/C=C1/CCc2ccccc2N1)c1ccc(C(F)(F)F)cc1. The highest BCUT2D eigenvalue weighted by atomic mass is 19.4. The van der Waals surface area contributed by atoms with E-state index in [0.29, 0.717) is 6.42 Å². The largest absolute Gasteiger partial charge is 0.416 e. The summed E-state index contributed by atoms with van der Waals surface area (Å²) in [4.78, 5) is 12.2. The minimum Gasteiger partial charge on any atom is -0.359 e. The molecule has 0 amide bonds. The third-order valence-electron chi connectivity index (χ3n) is 3.78. The zero-order valence-corrected chi connectivity index (χ0v) is 12.2. The summed E-state index contributed by atoms with van der Waals surface area (Å²) in [5.41, 5.74) is 2.41. The maximum absolute atomic E-state index is 12.5. The number of alkyl halides is 3. The predicted molar refractivity (Wildman–Crippen MR) is 82.2 cm³/mol. The molecule has 0 atom stereocenters. The Kier molecular flexibility index (Phi) is 3.94. The van der Waals surface area contributed by atoms with Gasteiger partial charge in [-0.25, -0.2) is 0 Å². The zero-order valence-electron chi connectivity index (χ0n) is 12.2. The highest BCUT2D eigenvalue weighted by Gasteiger charge is 2.30. The number of allylic oxidation sites excluding steroid dienone is 2. The lowest BCUT2D eigenvalue weighted by Crippen LogP contribution is -2.12. The van der Waals surface area contributed by atoms with Crippen LogP contribution in [-0.4, -0.2) is 5.78 Å². The van der Waals surface area contributed by atoms with Gasteiger partial charge in [0.1, 0.15) is 0 Å². The van der Waals surface area contributed by atoms with Gasteiger partial charge in [0.15, 0.2) is 5.78 Å². The van der Waals surface area contributed by atoms with E-state index in [4.69, 9.17) is 0 Å². The van der Waals surface area contributed by atoms with Crippen molar-refractivity contribution in [3.05, 3.63) is 77.0 Å². The Morgan fingerprint density at radius 1 is 1.00 bits per heavy atom. The Morgan fingerprint density at radius 2 is 1.70 bits per heavy atom. The van der Waals surface area contributed by atoms with Crippen molar-refractivity contribution in [1.29, 1.82) is 0 Å². The molecule has 2 nitrogen and oxygen atoms in total. The fraction of sp³-hybridized carbons (Fsp3) is 0.167. The van der Waals surface area contributed by atoms with Gasteiger partial charge >= 0.3 is 6.18 Å². The van der Waals surface area contributed by atoms with Crippen LogP contribution in [0.1, 0.15) is 27.9 Å². The molecule has 2 aromatic carbocycles. The second-order valence-electron chi connectivity index (χ2n) is 5.39. The molecule has 0 saturated heterocycles. The van der Waals surface area contributed by atoms with Crippen molar-refractivity contribution in [2.24, 2.45) is 0 Å². The second kappa shape index (κ2) is 5.91. The van der Waals surface area contributed by atoms with Crippen molar-refractivity contribution >= 4 is 11.5 Å². The van der Waals surface area contributed by atoms with Crippen LogP contribution >= 0.6 is 0 Å². The summed E-state index contributed by atoms with van der Waals surface area (Å²) in [5.74, 6) is -0.305. The van der Waals surface area contributed by atoms with E-state index < -0.39 is 11.7 Å². The number of para-hydroxylation sites is 1. The van der Waals surface area contributed by atoms with Gasteiger partial charge < -0.3 is 5.32 Å². The Labute approximate surface area is 131 Å². The topological polar surface area (TPSA) is 29.1 Å². The fourth-order valence-electron chi connectivity index (χ4n) is 2.54. The molecule has 1 heterocycles. The molecule has 0 aromatic heterocycles. The number of fused-ring (bicyclic) bond motifs is 1. The third-order valence-corrected chi connectivity index (χ3v) is 3.78. The molecular formula is C18H14F3NO. The fourth-order valence-corrected chi connectivity index (χ4v) is 2.54. The molecular weight excluding hydrogens is 303 g/mol. The van der Waals surface area contributed by atoms with E-state index in [-0.39, 0.29) is 11.3 Å². The molecule has 1 aliphatic rings. The summed E-state index contributed by atoms with van der Waals surface area (Å²) in [7, 11) is 0. The first-order valence-corrected chi connectivity index (χ1v) is 7.20. The molecule has 0 aliphatic carbocycles. The zero-order chi connectivity index (χ0) is 16.4. The van der Waals surface area contributed by atoms with Crippen LogP contribution in [0.25, 0.3) is 0 Å². The van der Waals surface area contributed by atoms with Crippen molar-refractivity contribution in [2.45, 2.75) is 19.0 Å². The Balaban J connectivity index is 1.77. The molecule has 0 fully saturated rings. The van der Waals surface area contributed by atoms with E-state index in [0.717, 1.165) is 29.9 Å². The molecule has 2 aromatic rings. The average Bonchev–Trinajstić information content (AvgIpc) is 2.54. The van der Waals surface area contributed by atoms with E-state index in [2.05, 4.69) is 5.32 Å². The second-order valence-corrected chi connectivity index (χ2v) is 5.39. The number of aryl methyl sites for hydroxylation is 1. The molecule has 0 spiro atoms. The molecule has 0 unspecified atom stereocenters. The van der Waals surface area contributed by atoms with Gasteiger partial charge in [-0.1, -0.05) is 30.3 Å². The summed E-state index contributed by atoms with van der Waals surface area (Å²) in [6, 6.07) is 12.1. The third kappa shape index (κ3) is 3.44. The summed E-state index contributed by atoms with van der Waals surface area (Å²) in [6.45, 7) is 0. The van der Waals surface area contributed by atoms with Crippen molar-refractivity contribution in [1.82, 2.24) is 0 Å². The van der Waals surface area contributed by atoms with E-state index in [1.165, 1.54) is 23.8 Å². The summed E-state index contributed by atoms with van der Waals surface area (Å²) < 4.78 is 37.6. The lowest BCUT2D eigenvalue weighted by Gasteiger charge is -2.20. The van der Waals surface area contributed by atoms with Crippen LogP contribution in [-0.2, 0) is 12.6 Å². The van der Waals surface area contributed by atoms with Gasteiger partial charge in [0.05, 0.1) is 5.56 Å². The molecule has 1 N–H and O–H groups in total. The maximum Gasteiger partial charge on any atom is 0.416 e. The van der Waals surface area contributed by atoms with E-state index in [1.54, 1.807) is 0 Å². The maximum atomic E-state index is 12.5. The highest BCUT2D eigenvalue weighted by Crippen LogP contribution is 2.29. The lowest BCUT2D eigenvalue weighted by atomic mass is 9.99. The first kappa shape index (κ1) is 15.3. The average molecular weight is 317 g/mol. The van der Waals surface area contributed by atoms with Crippen LogP contribution < -0.4 is 5.32 Å². The molecule has 1 aliphatic heterocycles. The van der Waals surface area contributed by atoms with E-state index >= 15 is 0 Å². The van der Waals surface area contributed by atoms with Crippen LogP contribution in [0, 0.1) is 0 Å². The number of nitrogens with one attached hydrogen (secondary N) is 1. The Hall–Kier alpha value is -2.56. The molecule has 0 saturated carbocycles. The molecule has 3 rings (SSSR count). The number of hydrogen-bond donors (Lipinski definition) is 1. The highest BCUT2D eigenvalue weighted by molar-refractivity contribution is 6.05. The first-order valence-electron chi connectivity index (χ1n) is 7.20. The van der Waals surface area contributed by atoms with Gasteiger partial charge in [0, 0.05) is 23.0 Å². The van der Waals surface area contributed by atoms with E-state index in [9.17, 15) is 18.0 Å². The van der Waals surface area contributed by atoms with Crippen molar-refractivity contribution in [3.8, 4) is 0 Å². The normalized spacial score (nSPS) is 15.9. The van der Waals surface area contributed by atoms with Gasteiger partial charge in [-0.3, -0.25) is 4.79 Å². The van der Waals surface area contributed by atoms with Crippen LogP contribution in [0.4, 0.5) is 18.9 Å². The minimum absolute atomic E-state index is 0.242. The molecule has 0 bridgehead atoms. The van der Waals surface area contributed by atoms with Crippen molar-refractivity contribution in [3.63, 3.8) is 0 Å². The minimum atomic E-state index is -4.39. The number of rotatable bonds is 2. The number of carbonyl (C=O) groups is 1. The van der Waals surface area contributed by atoms with Gasteiger partial charge in [0.25, 0.3) is 0 Å². The standard InChI is InChI=1S/C18H14F3NO/c19-18(20,21)14-8-5-13(6-9-14)17(23)11-15-10-7-12-3-1-2-4-16(12)22-15/h1-6,8-9,11,22H,7,10H2/b15-11-. The van der Waals surface area contributed by atoms with Gasteiger partial charge in [-0.05, 0) is 36.6 Å². The van der Waals surface area contributed by atoms with Crippen LogP contribution in [0.15, 0.2) is 60.3 Å². The summed E-state index contributed by atoms with van der Waals surface area (Å²) in [5, 5.41) is 3.19. The number of ketones is 1. The predicted octanol–water partition coefficient (Wildman–Crippen LogP) is 4.83. The Morgan fingerprint density at radius 3 is 2.39 bits per heavy atom. The van der Waals surface area contributed by atoms with Gasteiger partial charge in [0.2, 0.25) is 0 Å². The van der Waals surface area contributed by atoms with Crippen LogP contribution in [0.3, 0.4) is 0 Å². The summed E-state index contributed by atoms with van der Waals surface area (Å²) in [6.07, 6.45) is -1.41. The van der Waals surface area contributed by atoms with Crippen molar-refractivity contribution < 1.29 is 18.0 Å². The van der Waals surface area contributed by atoms with E-state index in [1.807, 2.05) is 24.3 Å². The first-order chi connectivity index (χ1) is 10.9. The van der Waals surface area contributed by atoms with Crippen LogP contribution in [0.2, 0.25) is 0 Å². The van der Waals surface area contributed by atoms with Crippen LogP contribution in [0.5, 0.6) is 0 Å². The molecule has 0 radical (unpaired) electrons. The quantitative estimate of drug-likeness (QED) is 0.635. The number of benzene rings is 2. The lowest BCUT2D eigenvalue weighted by molar-refractivity contribution is -0.137.